The van der Waals surface area contributed by atoms with Crippen molar-refractivity contribution in [1.29, 1.82) is 0 Å². The highest BCUT2D eigenvalue weighted by atomic mass is 19.1. The molecule has 2 aromatic heterocycles. The average molecular weight is 403 g/mol. The lowest BCUT2D eigenvalue weighted by atomic mass is 10.0. The average Bonchev–Trinajstić information content (AvgIpc) is 3.18. The van der Waals surface area contributed by atoms with Gasteiger partial charge in [0.05, 0.1) is 18.8 Å². The van der Waals surface area contributed by atoms with E-state index in [1.54, 1.807) is 35.1 Å². The van der Waals surface area contributed by atoms with Gasteiger partial charge in [-0.1, -0.05) is 18.2 Å². The molecule has 4 rings (SSSR count). The SMILES string of the molecule is OCCn1cc(-c2ccnc(/C=C/c3ccc(F)cc3)c2)c(-c2ccc(F)cc2)n1. The fourth-order valence-corrected chi connectivity index (χ4v) is 3.13. The van der Waals surface area contributed by atoms with Gasteiger partial charge in [-0.05, 0) is 65.7 Å². The molecule has 30 heavy (non-hydrogen) atoms. The smallest absolute Gasteiger partial charge is 0.123 e. The van der Waals surface area contributed by atoms with E-state index in [1.165, 1.54) is 24.3 Å². The Kier molecular flexibility index (Phi) is 5.77. The van der Waals surface area contributed by atoms with Crippen molar-refractivity contribution in [3.05, 3.63) is 95.9 Å². The van der Waals surface area contributed by atoms with Gasteiger partial charge in [0, 0.05) is 23.5 Å². The molecule has 0 fully saturated rings. The van der Waals surface area contributed by atoms with E-state index in [4.69, 9.17) is 0 Å². The third kappa shape index (κ3) is 4.50. The maximum absolute atomic E-state index is 13.4. The van der Waals surface area contributed by atoms with E-state index >= 15 is 0 Å². The van der Waals surface area contributed by atoms with Crippen molar-refractivity contribution in [3.8, 4) is 22.4 Å². The Morgan fingerprint density at radius 2 is 1.57 bits per heavy atom. The molecule has 0 unspecified atom stereocenters. The summed E-state index contributed by atoms with van der Waals surface area (Å²) in [6, 6.07) is 16.2. The van der Waals surface area contributed by atoms with Gasteiger partial charge in [-0.2, -0.15) is 5.10 Å². The molecule has 4 nitrogen and oxygen atoms in total. The van der Waals surface area contributed by atoms with Crippen LogP contribution >= 0.6 is 0 Å². The molecule has 2 heterocycles. The number of aliphatic hydroxyl groups is 1. The molecule has 1 N–H and O–H groups in total. The second kappa shape index (κ2) is 8.80. The number of hydrogen-bond donors (Lipinski definition) is 1. The van der Waals surface area contributed by atoms with E-state index in [0.29, 0.717) is 12.2 Å². The summed E-state index contributed by atoms with van der Waals surface area (Å²) in [6.07, 6.45) is 7.28. The van der Waals surface area contributed by atoms with E-state index in [2.05, 4.69) is 10.1 Å². The first-order valence-corrected chi connectivity index (χ1v) is 9.47. The van der Waals surface area contributed by atoms with Crippen molar-refractivity contribution in [2.45, 2.75) is 6.54 Å². The topological polar surface area (TPSA) is 50.9 Å². The summed E-state index contributed by atoms with van der Waals surface area (Å²) in [7, 11) is 0. The van der Waals surface area contributed by atoms with Crippen LogP contribution in [0.25, 0.3) is 34.5 Å². The number of rotatable bonds is 6. The normalized spacial score (nSPS) is 11.3. The predicted octanol–water partition coefficient (Wildman–Crippen LogP) is 5.05. The zero-order valence-corrected chi connectivity index (χ0v) is 16.0. The fourth-order valence-electron chi connectivity index (χ4n) is 3.13. The quantitative estimate of drug-likeness (QED) is 0.490. The number of halogens is 2. The van der Waals surface area contributed by atoms with E-state index < -0.39 is 0 Å². The molecule has 0 aliphatic carbocycles. The standard InChI is InChI=1S/C24H19F2N3O/c25-20-6-1-17(2-7-20)3-10-22-15-19(11-12-27-22)23-16-29(13-14-30)28-24(23)18-4-8-21(26)9-5-18/h1-12,15-16,30H,13-14H2/b10-3+. The molecule has 0 atom stereocenters. The van der Waals surface area contributed by atoms with E-state index in [9.17, 15) is 13.9 Å². The van der Waals surface area contributed by atoms with Crippen LogP contribution in [0, 0.1) is 11.6 Å². The van der Waals surface area contributed by atoms with Gasteiger partial charge in [-0.25, -0.2) is 8.78 Å². The maximum atomic E-state index is 13.4. The molecule has 0 amide bonds. The molecule has 0 aliphatic rings. The molecule has 0 saturated heterocycles. The van der Waals surface area contributed by atoms with Crippen LogP contribution in [0.1, 0.15) is 11.3 Å². The van der Waals surface area contributed by atoms with Gasteiger partial charge < -0.3 is 5.11 Å². The Labute approximate surface area is 172 Å². The second-order valence-electron chi connectivity index (χ2n) is 6.74. The van der Waals surface area contributed by atoms with Gasteiger partial charge in [0.15, 0.2) is 0 Å². The molecule has 150 valence electrons. The Bertz CT molecular complexity index is 1170. The van der Waals surface area contributed by atoms with Gasteiger partial charge in [0.2, 0.25) is 0 Å². The van der Waals surface area contributed by atoms with Crippen molar-refractivity contribution >= 4 is 12.2 Å². The second-order valence-corrected chi connectivity index (χ2v) is 6.74. The van der Waals surface area contributed by atoms with Crippen molar-refractivity contribution in [2.24, 2.45) is 0 Å². The lowest BCUT2D eigenvalue weighted by Crippen LogP contribution is -2.02. The monoisotopic (exact) mass is 403 g/mol. The molecule has 0 saturated carbocycles. The molecular weight excluding hydrogens is 384 g/mol. The van der Waals surface area contributed by atoms with Crippen molar-refractivity contribution in [2.75, 3.05) is 6.61 Å². The lowest BCUT2D eigenvalue weighted by molar-refractivity contribution is 0.269. The first-order chi connectivity index (χ1) is 14.6. The molecule has 0 bridgehead atoms. The number of nitrogens with zero attached hydrogens (tertiary/aromatic N) is 3. The highest BCUT2D eigenvalue weighted by molar-refractivity contribution is 5.81. The Morgan fingerprint density at radius 3 is 2.27 bits per heavy atom. The van der Waals surface area contributed by atoms with Gasteiger partial charge >= 0.3 is 0 Å². The van der Waals surface area contributed by atoms with Crippen LogP contribution in [0.15, 0.2) is 73.1 Å². The van der Waals surface area contributed by atoms with Gasteiger partial charge in [0.1, 0.15) is 17.3 Å². The van der Waals surface area contributed by atoms with E-state index in [0.717, 1.165) is 27.9 Å². The highest BCUT2D eigenvalue weighted by Crippen LogP contribution is 2.31. The minimum absolute atomic E-state index is 0.0357. The Morgan fingerprint density at radius 1 is 0.867 bits per heavy atom. The van der Waals surface area contributed by atoms with Crippen LogP contribution in [0.2, 0.25) is 0 Å². The third-order valence-electron chi connectivity index (χ3n) is 4.62. The van der Waals surface area contributed by atoms with E-state index in [-0.39, 0.29) is 18.2 Å². The predicted molar refractivity (Wildman–Crippen MR) is 113 cm³/mol. The summed E-state index contributed by atoms with van der Waals surface area (Å²) in [5.41, 5.74) is 4.83. The zero-order valence-electron chi connectivity index (χ0n) is 16.0. The number of aromatic nitrogens is 3. The van der Waals surface area contributed by atoms with Gasteiger partial charge in [-0.15, -0.1) is 0 Å². The van der Waals surface area contributed by atoms with Crippen molar-refractivity contribution in [1.82, 2.24) is 14.8 Å². The Balaban J connectivity index is 1.70. The summed E-state index contributed by atoms with van der Waals surface area (Å²) in [4.78, 5) is 4.38. The van der Waals surface area contributed by atoms with Crippen LogP contribution in [0.4, 0.5) is 8.78 Å². The number of pyridine rings is 1. The fraction of sp³-hybridized carbons (Fsp3) is 0.0833. The summed E-state index contributed by atoms with van der Waals surface area (Å²) >= 11 is 0. The highest BCUT2D eigenvalue weighted by Gasteiger charge is 2.14. The molecule has 4 aromatic rings. The largest absolute Gasteiger partial charge is 0.394 e. The molecule has 6 heteroatoms. The lowest BCUT2D eigenvalue weighted by Gasteiger charge is -2.04. The van der Waals surface area contributed by atoms with Crippen LogP contribution in [0.5, 0.6) is 0 Å². The first kappa shape index (κ1) is 19.7. The minimum Gasteiger partial charge on any atom is -0.394 e. The zero-order chi connectivity index (χ0) is 20.9. The van der Waals surface area contributed by atoms with Gasteiger partial charge in [0.25, 0.3) is 0 Å². The number of hydrogen-bond acceptors (Lipinski definition) is 3. The molecular formula is C24H19F2N3O. The van der Waals surface area contributed by atoms with Crippen LogP contribution in [-0.2, 0) is 6.54 Å². The number of aliphatic hydroxyl groups excluding tert-OH is 1. The number of benzene rings is 2. The summed E-state index contributed by atoms with van der Waals surface area (Å²) in [5, 5.41) is 13.9. The van der Waals surface area contributed by atoms with E-state index in [1.807, 2.05) is 30.5 Å². The van der Waals surface area contributed by atoms with Gasteiger partial charge in [-0.3, -0.25) is 9.67 Å². The maximum Gasteiger partial charge on any atom is 0.123 e. The van der Waals surface area contributed by atoms with Crippen LogP contribution in [0.3, 0.4) is 0 Å². The molecule has 0 spiro atoms. The molecule has 0 radical (unpaired) electrons. The summed E-state index contributed by atoms with van der Waals surface area (Å²) < 4.78 is 28.1. The third-order valence-corrected chi connectivity index (χ3v) is 4.62. The minimum atomic E-state index is -0.313. The first-order valence-electron chi connectivity index (χ1n) is 9.47. The summed E-state index contributed by atoms with van der Waals surface area (Å²) in [5.74, 6) is -0.590. The molecule has 0 aliphatic heterocycles. The van der Waals surface area contributed by atoms with Crippen LogP contribution < -0.4 is 0 Å². The summed E-state index contributed by atoms with van der Waals surface area (Å²) in [6.45, 7) is 0.322. The van der Waals surface area contributed by atoms with Crippen LogP contribution in [-0.4, -0.2) is 26.5 Å². The molecule has 2 aromatic carbocycles. The van der Waals surface area contributed by atoms with Crippen molar-refractivity contribution < 1.29 is 13.9 Å². The Hall–Kier alpha value is -3.64. The van der Waals surface area contributed by atoms with Crippen molar-refractivity contribution in [3.63, 3.8) is 0 Å².